The number of hydrogen-bond donors (Lipinski definition) is 1. The smallest absolute Gasteiger partial charge is 0.146 e. The van der Waals surface area contributed by atoms with Crippen LogP contribution in [0.1, 0.15) is 24.9 Å². The normalized spacial score (nSPS) is 10.6. The van der Waals surface area contributed by atoms with E-state index >= 15 is 0 Å². The van der Waals surface area contributed by atoms with Gasteiger partial charge in [0.1, 0.15) is 17.1 Å². The molecule has 0 radical (unpaired) electrons. The summed E-state index contributed by atoms with van der Waals surface area (Å²) in [5.41, 5.74) is 6.51. The van der Waals surface area contributed by atoms with Crippen molar-refractivity contribution in [3.05, 3.63) is 36.2 Å². The first kappa shape index (κ1) is 11.8. The molecule has 0 aliphatic carbocycles. The van der Waals surface area contributed by atoms with E-state index in [9.17, 15) is 0 Å². The second-order valence-electron chi connectivity index (χ2n) is 3.78. The molecular weight excluding hydrogens is 234 g/mol. The lowest BCUT2D eigenvalue weighted by Crippen LogP contribution is -2.17. The summed E-state index contributed by atoms with van der Waals surface area (Å²) in [6, 6.07) is 3.83. The number of aryl methyl sites for hydroxylation is 1. The van der Waals surface area contributed by atoms with Crippen LogP contribution in [0.15, 0.2) is 24.7 Å². The van der Waals surface area contributed by atoms with Crippen molar-refractivity contribution in [2.75, 3.05) is 0 Å². The molecule has 6 heteroatoms. The Morgan fingerprint density at radius 2 is 2.35 bits per heavy atom. The minimum absolute atomic E-state index is 0.400. The van der Waals surface area contributed by atoms with E-state index in [1.165, 1.54) is 0 Å². The van der Waals surface area contributed by atoms with Crippen LogP contribution in [0.3, 0.4) is 0 Å². The molecule has 0 saturated heterocycles. The number of rotatable bonds is 5. The third-order valence-electron chi connectivity index (χ3n) is 2.52. The van der Waals surface area contributed by atoms with Gasteiger partial charge in [-0.2, -0.15) is 5.10 Å². The van der Waals surface area contributed by atoms with E-state index in [4.69, 9.17) is 18.0 Å². The molecule has 0 aromatic carbocycles. The van der Waals surface area contributed by atoms with Crippen LogP contribution in [0.4, 0.5) is 0 Å². The maximum absolute atomic E-state index is 5.65. The van der Waals surface area contributed by atoms with Crippen molar-refractivity contribution in [3.63, 3.8) is 0 Å². The van der Waals surface area contributed by atoms with E-state index in [1.807, 2.05) is 27.6 Å². The van der Waals surface area contributed by atoms with Crippen LogP contribution in [0.5, 0.6) is 0 Å². The Kier molecular flexibility index (Phi) is 3.53. The van der Waals surface area contributed by atoms with Gasteiger partial charge in [-0.3, -0.25) is 0 Å². The van der Waals surface area contributed by atoms with Crippen molar-refractivity contribution in [1.82, 2.24) is 19.3 Å². The molecule has 2 aromatic rings. The quantitative estimate of drug-likeness (QED) is 0.808. The van der Waals surface area contributed by atoms with Gasteiger partial charge in [0.2, 0.25) is 0 Å². The average Bonchev–Trinajstić information content (AvgIpc) is 2.89. The number of aromatic nitrogens is 4. The maximum atomic E-state index is 5.65. The second-order valence-corrected chi connectivity index (χ2v) is 4.22. The number of thiocarbonyl (C=S) groups is 1. The molecule has 0 fully saturated rings. The van der Waals surface area contributed by atoms with Gasteiger partial charge in [0.05, 0.1) is 12.2 Å². The molecule has 2 N–H and O–H groups in total. The Labute approximate surface area is 105 Å². The first-order valence-electron chi connectivity index (χ1n) is 5.54. The summed E-state index contributed by atoms with van der Waals surface area (Å²) in [5, 5.41) is 4.19. The van der Waals surface area contributed by atoms with Gasteiger partial charge in [0.25, 0.3) is 0 Å². The highest BCUT2D eigenvalue weighted by Crippen LogP contribution is 2.06. The third kappa shape index (κ3) is 2.52. The molecular formula is C11H15N5S. The highest BCUT2D eigenvalue weighted by molar-refractivity contribution is 7.80. The SMILES string of the molecule is CCCn1ncnc1Cn1cccc1C(N)=S. The molecule has 2 rings (SSSR count). The first-order valence-corrected chi connectivity index (χ1v) is 5.94. The van der Waals surface area contributed by atoms with Crippen LogP contribution in [-0.2, 0) is 13.1 Å². The number of nitrogens with two attached hydrogens (primary N) is 1. The zero-order chi connectivity index (χ0) is 12.3. The predicted molar refractivity (Wildman–Crippen MR) is 69.7 cm³/mol. The molecule has 90 valence electrons. The fourth-order valence-electron chi connectivity index (χ4n) is 1.74. The van der Waals surface area contributed by atoms with Gasteiger partial charge in [-0.15, -0.1) is 0 Å². The summed E-state index contributed by atoms with van der Waals surface area (Å²) >= 11 is 5.00. The minimum Gasteiger partial charge on any atom is -0.388 e. The first-order chi connectivity index (χ1) is 8.22. The lowest BCUT2D eigenvalue weighted by molar-refractivity contribution is 0.554. The van der Waals surface area contributed by atoms with Crippen LogP contribution in [0.25, 0.3) is 0 Å². The van der Waals surface area contributed by atoms with Crippen molar-refractivity contribution in [2.45, 2.75) is 26.4 Å². The van der Waals surface area contributed by atoms with Crippen molar-refractivity contribution >= 4 is 17.2 Å². The van der Waals surface area contributed by atoms with Crippen LogP contribution >= 0.6 is 12.2 Å². The van der Waals surface area contributed by atoms with Gasteiger partial charge in [0.15, 0.2) is 0 Å². The standard InChI is InChI=1S/C11H15N5S/c1-2-5-16-10(13-8-14-16)7-15-6-3-4-9(15)11(12)17/h3-4,6,8H,2,5,7H2,1H3,(H2,12,17). The van der Waals surface area contributed by atoms with Crippen molar-refractivity contribution < 1.29 is 0 Å². The summed E-state index contributed by atoms with van der Waals surface area (Å²) in [5.74, 6) is 0.917. The van der Waals surface area contributed by atoms with Crippen molar-refractivity contribution in [3.8, 4) is 0 Å². The Balaban J connectivity index is 2.22. The van der Waals surface area contributed by atoms with Crippen LogP contribution in [-0.4, -0.2) is 24.3 Å². The molecule has 0 aliphatic heterocycles. The molecule has 0 saturated carbocycles. The zero-order valence-electron chi connectivity index (χ0n) is 9.71. The van der Waals surface area contributed by atoms with E-state index in [1.54, 1.807) is 6.33 Å². The third-order valence-corrected chi connectivity index (χ3v) is 2.73. The van der Waals surface area contributed by atoms with Gasteiger partial charge in [-0.25, -0.2) is 9.67 Å². The molecule has 17 heavy (non-hydrogen) atoms. The van der Waals surface area contributed by atoms with Crippen LogP contribution in [0.2, 0.25) is 0 Å². The van der Waals surface area contributed by atoms with Crippen molar-refractivity contribution in [2.24, 2.45) is 5.73 Å². The van der Waals surface area contributed by atoms with Gasteiger partial charge < -0.3 is 10.3 Å². The largest absolute Gasteiger partial charge is 0.388 e. The lowest BCUT2D eigenvalue weighted by Gasteiger charge is -2.08. The van der Waals surface area contributed by atoms with Gasteiger partial charge in [-0.05, 0) is 18.6 Å². The molecule has 2 heterocycles. The monoisotopic (exact) mass is 249 g/mol. The highest BCUT2D eigenvalue weighted by Gasteiger charge is 2.08. The zero-order valence-corrected chi connectivity index (χ0v) is 10.5. The van der Waals surface area contributed by atoms with Gasteiger partial charge in [0, 0.05) is 12.7 Å². The summed E-state index contributed by atoms with van der Waals surface area (Å²) < 4.78 is 3.89. The molecule has 2 aromatic heterocycles. The number of nitrogens with zero attached hydrogens (tertiary/aromatic N) is 4. The molecule has 0 aliphatic rings. The summed E-state index contributed by atoms with van der Waals surface area (Å²) in [6.07, 6.45) is 4.55. The lowest BCUT2D eigenvalue weighted by atomic mass is 10.4. The van der Waals surface area contributed by atoms with E-state index in [0.717, 1.165) is 24.5 Å². The fourth-order valence-corrected chi connectivity index (χ4v) is 1.92. The predicted octanol–water partition coefficient (Wildman–Crippen LogP) is 1.17. The Hall–Kier alpha value is -1.69. The Bertz CT molecular complexity index is 513. The molecule has 0 spiro atoms. The molecule has 0 bridgehead atoms. The van der Waals surface area contributed by atoms with E-state index < -0.39 is 0 Å². The summed E-state index contributed by atoms with van der Waals surface area (Å²) in [6.45, 7) is 3.63. The Morgan fingerprint density at radius 3 is 3.06 bits per heavy atom. The number of hydrogen-bond acceptors (Lipinski definition) is 3. The fraction of sp³-hybridized carbons (Fsp3) is 0.364. The average molecular weight is 249 g/mol. The summed E-state index contributed by atoms with van der Waals surface area (Å²) in [7, 11) is 0. The van der Waals surface area contributed by atoms with Gasteiger partial charge in [-0.1, -0.05) is 19.1 Å². The van der Waals surface area contributed by atoms with E-state index in [0.29, 0.717) is 11.5 Å². The Morgan fingerprint density at radius 1 is 1.53 bits per heavy atom. The minimum atomic E-state index is 0.400. The van der Waals surface area contributed by atoms with E-state index in [2.05, 4.69) is 17.0 Å². The summed E-state index contributed by atoms with van der Waals surface area (Å²) in [4.78, 5) is 4.66. The van der Waals surface area contributed by atoms with E-state index in [-0.39, 0.29) is 0 Å². The molecule has 5 nitrogen and oxygen atoms in total. The molecule has 0 unspecified atom stereocenters. The highest BCUT2D eigenvalue weighted by atomic mass is 32.1. The molecule has 0 amide bonds. The van der Waals surface area contributed by atoms with Crippen LogP contribution < -0.4 is 5.73 Å². The van der Waals surface area contributed by atoms with Crippen LogP contribution in [0, 0.1) is 0 Å². The topological polar surface area (TPSA) is 61.7 Å². The maximum Gasteiger partial charge on any atom is 0.146 e. The second kappa shape index (κ2) is 5.09. The van der Waals surface area contributed by atoms with Gasteiger partial charge >= 0.3 is 0 Å². The van der Waals surface area contributed by atoms with Crippen molar-refractivity contribution in [1.29, 1.82) is 0 Å². The molecule has 0 atom stereocenters.